The third-order valence-electron chi connectivity index (χ3n) is 4.71. The third kappa shape index (κ3) is 3.75. The van der Waals surface area contributed by atoms with Crippen LogP contribution < -0.4 is 10.6 Å². The lowest BCUT2D eigenvalue weighted by molar-refractivity contribution is -0.123. The van der Waals surface area contributed by atoms with Gasteiger partial charge in [-0.15, -0.1) is 11.3 Å². The zero-order chi connectivity index (χ0) is 19.5. The predicted octanol–water partition coefficient (Wildman–Crippen LogP) is 2.40. The molecule has 1 aliphatic heterocycles. The smallest absolute Gasteiger partial charge is 0.254 e. The number of nitrogens with zero attached hydrogens (tertiary/aromatic N) is 1. The number of piperazine rings is 1. The lowest BCUT2D eigenvalue weighted by Gasteiger charge is -2.26. The van der Waals surface area contributed by atoms with Crippen LogP contribution in [0, 0.1) is 0 Å². The van der Waals surface area contributed by atoms with Crippen molar-refractivity contribution in [2.24, 2.45) is 0 Å². The van der Waals surface area contributed by atoms with Crippen molar-refractivity contribution < 1.29 is 14.4 Å². The Bertz CT molecular complexity index is 1040. The quantitative estimate of drug-likeness (QED) is 0.715. The number of rotatable bonds is 4. The van der Waals surface area contributed by atoms with Gasteiger partial charge < -0.3 is 15.5 Å². The van der Waals surface area contributed by atoms with Crippen LogP contribution in [0.3, 0.4) is 0 Å². The molecule has 7 heteroatoms. The average Bonchev–Trinajstić information content (AvgIpc) is 3.16. The van der Waals surface area contributed by atoms with E-state index in [0.717, 1.165) is 15.6 Å². The van der Waals surface area contributed by atoms with Crippen molar-refractivity contribution in [3.8, 4) is 0 Å². The minimum Gasteiger partial charge on any atom is -0.353 e. The van der Waals surface area contributed by atoms with Gasteiger partial charge in [-0.25, -0.2) is 0 Å². The summed E-state index contributed by atoms with van der Waals surface area (Å²) in [5.74, 6) is -0.410. The molecular weight excluding hydrogens is 374 g/mol. The molecule has 0 spiro atoms. The number of amides is 3. The molecule has 3 aromatic rings. The molecule has 4 rings (SSSR count). The molecule has 3 amide bonds. The van der Waals surface area contributed by atoms with E-state index >= 15 is 0 Å². The van der Waals surface area contributed by atoms with E-state index in [9.17, 15) is 14.4 Å². The maximum absolute atomic E-state index is 12.5. The molecule has 28 heavy (non-hydrogen) atoms. The van der Waals surface area contributed by atoms with E-state index < -0.39 is 0 Å². The molecule has 1 aliphatic rings. The number of thiophene rings is 1. The van der Waals surface area contributed by atoms with Gasteiger partial charge in [0, 0.05) is 40.7 Å². The van der Waals surface area contributed by atoms with Crippen LogP contribution in [-0.4, -0.2) is 42.3 Å². The molecule has 0 saturated carbocycles. The number of hydrogen-bond acceptors (Lipinski definition) is 4. The van der Waals surface area contributed by atoms with Crippen molar-refractivity contribution in [3.05, 3.63) is 70.6 Å². The van der Waals surface area contributed by atoms with Gasteiger partial charge in [-0.05, 0) is 23.8 Å². The Kier molecular flexibility index (Phi) is 5.08. The summed E-state index contributed by atoms with van der Waals surface area (Å²) in [5.41, 5.74) is 2.12. The molecule has 0 unspecified atom stereocenters. The molecule has 1 fully saturated rings. The first-order valence-corrected chi connectivity index (χ1v) is 9.89. The van der Waals surface area contributed by atoms with E-state index in [4.69, 9.17) is 0 Å². The van der Waals surface area contributed by atoms with Crippen LogP contribution in [0.15, 0.2) is 53.9 Å². The monoisotopic (exact) mass is 393 g/mol. The maximum Gasteiger partial charge on any atom is 0.254 e. The zero-order valence-corrected chi connectivity index (χ0v) is 15.9. The predicted molar refractivity (Wildman–Crippen MR) is 108 cm³/mol. The third-order valence-corrected chi connectivity index (χ3v) is 5.67. The lowest BCUT2D eigenvalue weighted by Crippen LogP contribution is -2.49. The highest BCUT2D eigenvalue weighted by molar-refractivity contribution is 7.17. The number of hydrogen-bond donors (Lipinski definition) is 2. The van der Waals surface area contributed by atoms with Gasteiger partial charge in [-0.3, -0.25) is 14.4 Å². The summed E-state index contributed by atoms with van der Waals surface area (Å²) in [5, 5.41) is 8.46. The SMILES string of the molecule is O=C1CN(C(=O)c2ccc(CNC(=O)c3csc4ccccc34)cc2)CCN1. The fraction of sp³-hybridized carbons (Fsp3) is 0.190. The first-order valence-electron chi connectivity index (χ1n) is 9.01. The van der Waals surface area contributed by atoms with Gasteiger partial charge in [0.15, 0.2) is 0 Å². The van der Waals surface area contributed by atoms with Crippen LogP contribution in [0.5, 0.6) is 0 Å². The van der Waals surface area contributed by atoms with Crippen molar-refractivity contribution >= 4 is 39.1 Å². The molecule has 0 bridgehead atoms. The van der Waals surface area contributed by atoms with Gasteiger partial charge >= 0.3 is 0 Å². The maximum atomic E-state index is 12.5. The van der Waals surface area contributed by atoms with Crippen molar-refractivity contribution in [2.45, 2.75) is 6.54 Å². The standard InChI is InChI=1S/C21H19N3O3S/c25-19-12-24(10-9-22-19)21(27)15-7-5-14(6-8-15)11-23-20(26)17-13-28-18-4-2-1-3-16(17)18/h1-8,13H,9-12H2,(H,22,25)(H,23,26). The number of carbonyl (C=O) groups excluding carboxylic acids is 3. The highest BCUT2D eigenvalue weighted by Gasteiger charge is 2.22. The normalized spacial score (nSPS) is 14.0. The highest BCUT2D eigenvalue weighted by atomic mass is 32.1. The second kappa shape index (κ2) is 7.82. The van der Waals surface area contributed by atoms with E-state index in [-0.39, 0.29) is 24.3 Å². The van der Waals surface area contributed by atoms with Crippen molar-refractivity contribution in [1.82, 2.24) is 15.5 Å². The summed E-state index contributed by atoms with van der Waals surface area (Å²) in [7, 11) is 0. The van der Waals surface area contributed by atoms with Gasteiger partial charge in [0.1, 0.15) is 0 Å². The Morgan fingerprint density at radius 2 is 1.89 bits per heavy atom. The molecule has 2 aromatic carbocycles. The first kappa shape index (κ1) is 18.2. The average molecular weight is 393 g/mol. The zero-order valence-electron chi connectivity index (χ0n) is 15.1. The second-order valence-electron chi connectivity index (χ2n) is 6.60. The number of nitrogens with one attached hydrogen (secondary N) is 2. The lowest BCUT2D eigenvalue weighted by atomic mass is 10.1. The van der Waals surface area contributed by atoms with Crippen molar-refractivity contribution in [1.29, 1.82) is 0 Å². The van der Waals surface area contributed by atoms with Crippen molar-refractivity contribution in [2.75, 3.05) is 19.6 Å². The fourth-order valence-corrected chi connectivity index (χ4v) is 4.13. The van der Waals surface area contributed by atoms with Gasteiger partial charge in [-0.2, -0.15) is 0 Å². The Balaban J connectivity index is 1.38. The molecule has 1 saturated heterocycles. The number of benzene rings is 2. The number of fused-ring (bicyclic) bond motifs is 1. The summed E-state index contributed by atoms with van der Waals surface area (Å²) in [6.45, 7) is 1.46. The van der Waals surface area contributed by atoms with Crippen LogP contribution in [0.4, 0.5) is 0 Å². The van der Waals surface area contributed by atoms with Gasteiger partial charge in [0.25, 0.3) is 11.8 Å². The Morgan fingerprint density at radius 1 is 1.11 bits per heavy atom. The van der Waals surface area contributed by atoms with Crippen LogP contribution in [-0.2, 0) is 11.3 Å². The molecule has 142 valence electrons. The summed E-state index contributed by atoms with van der Waals surface area (Å²) in [4.78, 5) is 38.0. The van der Waals surface area contributed by atoms with E-state index in [1.54, 1.807) is 23.5 Å². The molecular formula is C21H19N3O3S. The van der Waals surface area contributed by atoms with Gasteiger partial charge in [-0.1, -0.05) is 30.3 Å². The minimum atomic E-state index is -0.157. The van der Waals surface area contributed by atoms with Crippen LogP contribution in [0.1, 0.15) is 26.3 Å². The first-order chi connectivity index (χ1) is 13.6. The fourth-order valence-electron chi connectivity index (χ4n) is 3.19. The summed E-state index contributed by atoms with van der Waals surface area (Å²) < 4.78 is 1.09. The van der Waals surface area contributed by atoms with Crippen LogP contribution >= 0.6 is 11.3 Å². The Labute approximate surface area is 166 Å². The van der Waals surface area contributed by atoms with E-state index in [2.05, 4.69) is 10.6 Å². The molecule has 0 atom stereocenters. The molecule has 0 radical (unpaired) electrons. The molecule has 1 aromatic heterocycles. The van der Waals surface area contributed by atoms with Crippen LogP contribution in [0.25, 0.3) is 10.1 Å². The molecule has 2 N–H and O–H groups in total. The number of carbonyl (C=O) groups is 3. The highest BCUT2D eigenvalue weighted by Crippen LogP contribution is 2.25. The minimum absolute atomic E-state index is 0.0885. The molecule has 2 heterocycles. The van der Waals surface area contributed by atoms with E-state index in [1.807, 2.05) is 41.8 Å². The van der Waals surface area contributed by atoms with Gasteiger partial charge in [0.05, 0.1) is 12.1 Å². The summed E-state index contributed by atoms with van der Waals surface area (Å²) >= 11 is 1.55. The van der Waals surface area contributed by atoms with E-state index in [1.165, 1.54) is 4.90 Å². The topological polar surface area (TPSA) is 78.5 Å². The Morgan fingerprint density at radius 3 is 2.68 bits per heavy atom. The largest absolute Gasteiger partial charge is 0.353 e. The van der Waals surface area contributed by atoms with E-state index in [0.29, 0.717) is 30.8 Å². The summed E-state index contributed by atoms with van der Waals surface area (Å²) in [6.07, 6.45) is 0. The molecule has 0 aliphatic carbocycles. The van der Waals surface area contributed by atoms with Gasteiger partial charge in [0.2, 0.25) is 5.91 Å². The molecule has 6 nitrogen and oxygen atoms in total. The second-order valence-corrected chi connectivity index (χ2v) is 7.51. The Hall–Kier alpha value is -3.19. The van der Waals surface area contributed by atoms with Crippen LogP contribution in [0.2, 0.25) is 0 Å². The van der Waals surface area contributed by atoms with Crippen molar-refractivity contribution in [3.63, 3.8) is 0 Å². The summed E-state index contributed by atoms with van der Waals surface area (Å²) in [6, 6.07) is 14.9.